The van der Waals surface area contributed by atoms with Gasteiger partial charge in [-0.05, 0) is 0 Å². The molecule has 0 saturated heterocycles. The zero-order valence-electron chi connectivity index (χ0n) is 4.64. The number of carbonyl (C=O) groups is 1. The third kappa shape index (κ3) is 4.95. The second-order valence-electron chi connectivity index (χ2n) is 1.08. The summed E-state index contributed by atoms with van der Waals surface area (Å²) in [6.07, 6.45) is -6.31. The van der Waals surface area contributed by atoms with Crippen LogP contribution in [0.25, 0.3) is 0 Å². The number of hydrogen-bond donors (Lipinski definition) is 0. The van der Waals surface area contributed by atoms with Crippen molar-refractivity contribution in [2.75, 3.05) is 0 Å². The molecular weight excluding hydrogens is 153 g/mol. The highest BCUT2D eigenvalue weighted by Gasteiger charge is 2.34. The topological polar surface area (TPSA) is 35.5 Å². The maximum absolute atomic E-state index is 11.1. The smallest absolute Gasteiger partial charge is 0.403 e. The Balaban J connectivity index is 3.68. The molecule has 3 nitrogen and oxygen atoms in total. The average molecular weight is 156 g/mol. The molecule has 0 rings (SSSR count). The van der Waals surface area contributed by atoms with E-state index in [0.717, 1.165) is 0 Å². The second kappa shape index (κ2) is 3.09. The van der Waals surface area contributed by atoms with Crippen molar-refractivity contribution < 1.29 is 27.4 Å². The van der Waals surface area contributed by atoms with Crippen LogP contribution in [0.15, 0.2) is 12.8 Å². The summed E-state index contributed by atoms with van der Waals surface area (Å²) in [5, 5.41) is 0. The lowest BCUT2D eigenvalue weighted by atomic mass is 11.1. The highest BCUT2D eigenvalue weighted by atomic mass is 19.4. The molecule has 0 aliphatic rings. The minimum Gasteiger partial charge on any atom is -0.403 e. The molecule has 0 aromatic rings. The van der Waals surface area contributed by atoms with Crippen molar-refractivity contribution in [2.45, 2.75) is 6.36 Å². The lowest BCUT2D eigenvalue weighted by Gasteiger charge is -2.03. The SMILES string of the molecule is C=COC(=O)OC(F)(F)F. The van der Waals surface area contributed by atoms with E-state index in [2.05, 4.69) is 16.1 Å². The van der Waals surface area contributed by atoms with Gasteiger partial charge in [0.25, 0.3) is 0 Å². The average Bonchev–Trinajstić information content (AvgIpc) is 1.59. The van der Waals surface area contributed by atoms with Crippen molar-refractivity contribution in [3.05, 3.63) is 12.8 Å². The Hall–Kier alpha value is -1.20. The number of ether oxygens (including phenoxy) is 2. The van der Waals surface area contributed by atoms with Gasteiger partial charge in [-0.25, -0.2) is 4.79 Å². The van der Waals surface area contributed by atoms with E-state index in [9.17, 15) is 18.0 Å². The van der Waals surface area contributed by atoms with E-state index in [1.165, 1.54) is 0 Å². The molecule has 0 bridgehead atoms. The van der Waals surface area contributed by atoms with Crippen molar-refractivity contribution in [2.24, 2.45) is 0 Å². The molecule has 0 fully saturated rings. The van der Waals surface area contributed by atoms with Gasteiger partial charge < -0.3 is 9.47 Å². The van der Waals surface area contributed by atoms with Crippen LogP contribution in [-0.4, -0.2) is 12.5 Å². The van der Waals surface area contributed by atoms with E-state index >= 15 is 0 Å². The van der Waals surface area contributed by atoms with Crippen molar-refractivity contribution >= 4 is 6.16 Å². The molecule has 0 atom stereocenters. The first-order valence-corrected chi connectivity index (χ1v) is 2.03. The van der Waals surface area contributed by atoms with Crippen molar-refractivity contribution in [1.29, 1.82) is 0 Å². The molecule has 0 spiro atoms. The first-order valence-electron chi connectivity index (χ1n) is 2.03. The van der Waals surface area contributed by atoms with E-state index < -0.39 is 12.5 Å². The predicted octanol–water partition coefficient (Wildman–Crippen LogP) is 1.80. The maximum atomic E-state index is 11.1. The van der Waals surface area contributed by atoms with Gasteiger partial charge in [0.2, 0.25) is 0 Å². The Bertz CT molecular complexity index is 139. The summed E-state index contributed by atoms with van der Waals surface area (Å²) in [5.74, 6) is 0. The molecule has 0 N–H and O–H groups in total. The number of halogens is 3. The summed E-state index contributed by atoms with van der Waals surface area (Å²) in [7, 11) is 0. The quantitative estimate of drug-likeness (QED) is 0.429. The zero-order valence-corrected chi connectivity index (χ0v) is 4.64. The van der Waals surface area contributed by atoms with Gasteiger partial charge in [0, 0.05) is 0 Å². The lowest BCUT2D eigenvalue weighted by Crippen LogP contribution is -2.18. The molecule has 0 aliphatic heterocycles. The molecule has 6 heteroatoms. The fourth-order valence-corrected chi connectivity index (χ4v) is 0.187. The maximum Gasteiger partial charge on any atom is 0.577 e. The fourth-order valence-electron chi connectivity index (χ4n) is 0.187. The molecule has 0 aromatic heterocycles. The summed E-state index contributed by atoms with van der Waals surface area (Å²) in [5.41, 5.74) is 0. The van der Waals surface area contributed by atoms with Gasteiger partial charge in [0.1, 0.15) is 0 Å². The largest absolute Gasteiger partial charge is 0.577 e. The van der Waals surface area contributed by atoms with E-state index in [-0.39, 0.29) is 0 Å². The summed E-state index contributed by atoms with van der Waals surface area (Å²) in [6.45, 7) is 2.84. The van der Waals surface area contributed by atoms with E-state index in [1.807, 2.05) is 0 Å². The molecule has 0 saturated carbocycles. The van der Waals surface area contributed by atoms with Gasteiger partial charge in [-0.3, -0.25) is 0 Å². The molecular formula is C4H3F3O3. The van der Waals surface area contributed by atoms with Crippen LogP contribution in [0.1, 0.15) is 0 Å². The van der Waals surface area contributed by atoms with E-state index in [4.69, 9.17) is 0 Å². The summed E-state index contributed by atoms with van der Waals surface area (Å²) in [6, 6.07) is 0. The van der Waals surface area contributed by atoms with Crippen LogP contribution in [0, 0.1) is 0 Å². The van der Waals surface area contributed by atoms with Crippen LogP contribution in [0.5, 0.6) is 0 Å². The predicted molar refractivity (Wildman–Crippen MR) is 23.8 cm³/mol. The van der Waals surface area contributed by atoms with Crippen LogP contribution in [0.4, 0.5) is 18.0 Å². The first-order chi connectivity index (χ1) is 4.45. The van der Waals surface area contributed by atoms with Gasteiger partial charge in [-0.1, -0.05) is 6.58 Å². The Kier molecular flexibility index (Phi) is 2.72. The van der Waals surface area contributed by atoms with Crippen molar-refractivity contribution in [3.8, 4) is 0 Å². The first kappa shape index (κ1) is 8.80. The van der Waals surface area contributed by atoms with Crippen LogP contribution >= 0.6 is 0 Å². The number of alkyl halides is 3. The Labute approximate surface area is 54.0 Å². The van der Waals surface area contributed by atoms with Gasteiger partial charge >= 0.3 is 12.5 Å². The molecule has 10 heavy (non-hydrogen) atoms. The summed E-state index contributed by atoms with van der Waals surface area (Å²) >= 11 is 0. The Morgan fingerprint density at radius 1 is 1.50 bits per heavy atom. The summed E-state index contributed by atoms with van der Waals surface area (Å²) in [4.78, 5) is 9.82. The monoisotopic (exact) mass is 156 g/mol. The highest BCUT2D eigenvalue weighted by molar-refractivity contribution is 5.60. The van der Waals surface area contributed by atoms with Gasteiger partial charge in [0.15, 0.2) is 0 Å². The lowest BCUT2D eigenvalue weighted by molar-refractivity contribution is -0.297. The zero-order chi connectivity index (χ0) is 8.20. The number of rotatable bonds is 1. The second-order valence-corrected chi connectivity index (χ2v) is 1.08. The van der Waals surface area contributed by atoms with E-state index in [0.29, 0.717) is 6.26 Å². The molecule has 0 amide bonds. The molecule has 0 heterocycles. The van der Waals surface area contributed by atoms with Gasteiger partial charge in [-0.15, -0.1) is 13.2 Å². The minimum atomic E-state index is -5.00. The van der Waals surface area contributed by atoms with Crippen LogP contribution in [-0.2, 0) is 9.47 Å². The molecule has 0 aromatic carbocycles. The molecule has 0 radical (unpaired) electrons. The van der Waals surface area contributed by atoms with Crippen LogP contribution in [0.2, 0.25) is 0 Å². The number of hydrogen-bond acceptors (Lipinski definition) is 3. The van der Waals surface area contributed by atoms with Crippen molar-refractivity contribution in [3.63, 3.8) is 0 Å². The third-order valence-electron chi connectivity index (χ3n) is 0.379. The Morgan fingerprint density at radius 3 is 2.30 bits per heavy atom. The third-order valence-corrected chi connectivity index (χ3v) is 0.379. The van der Waals surface area contributed by atoms with Crippen LogP contribution in [0.3, 0.4) is 0 Å². The molecule has 58 valence electrons. The van der Waals surface area contributed by atoms with Crippen LogP contribution < -0.4 is 0 Å². The number of carbonyl (C=O) groups excluding carboxylic acids is 1. The van der Waals surface area contributed by atoms with Gasteiger partial charge in [0.05, 0.1) is 6.26 Å². The fraction of sp³-hybridized carbons (Fsp3) is 0.250. The Morgan fingerprint density at radius 2 is 2.00 bits per heavy atom. The standard InChI is InChI=1S/C4H3F3O3/c1-2-9-3(8)10-4(5,6)7/h2H,1H2. The van der Waals surface area contributed by atoms with Gasteiger partial charge in [-0.2, -0.15) is 0 Å². The van der Waals surface area contributed by atoms with E-state index in [1.54, 1.807) is 0 Å². The molecule has 0 unspecified atom stereocenters. The normalized spacial score (nSPS) is 10.3. The summed E-state index contributed by atoms with van der Waals surface area (Å²) < 4.78 is 39.6. The minimum absolute atomic E-state index is 0.536. The molecule has 0 aliphatic carbocycles. The van der Waals surface area contributed by atoms with Crippen molar-refractivity contribution in [1.82, 2.24) is 0 Å². The highest BCUT2D eigenvalue weighted by Crippen LogP contribution is 2.16.